The SMILES string of the molecule is Cc1cccc(C)c1-c1cc2nc(n1)NS(=O)(=O)c1cccc(c1)NCC(CC(C)C)O2. The van der Waals surface area contributed by atoms with Crippen LogP contribution in [0.2, 0.25) is 0 Å². The van der Waals surface area contributed by atoms with Crippen LogP contribution in [0.3, 0.4) is 0 Å². The molecule has 3 aromatic rings. The standard InChI is InChI=1S/C24H28N4O3S/c1-15(2)11-19-14-25-18-9-6-10-20(12-18)32(29,30)28-24-26-21(13-22(27-24)31-19)23-16(3)7-5-8-17(23)4/h5-10,12-13,15,19,25H,11,14H2,1-4H3,(H,26,27,28). The van der Waals surface area contributed by atoms with Gasteiger partial charge in [0.05, 0.1) is 17.1 Å². The van der Waals surface area contributed by atoms with E-state index in [1.165, 1.54) is 0 Å². The molecule has 1 aliphatic heterocycles. The van der Waals surface area contributed by atoms with Gasteiger partial charge in [-0.15, -0.1) is 0 Å². The Kier molecular flexibility index (Phi) is 6.06. The summed E-state index contributed by atoms with van der Waals surface area (Å²) >= 11 is 0. The zero-order valence-corrected chi connectivity index (χ0v) is 19.5. The van der Waals surface area contributed by atoms with Crippen LogP contribution in [0.25, 0.3) is 11.3 Å². The van der Waals surface area contributed by atoms with Crippen molar-refractivity contribution in [2.75, 3.05) is 16.6 Å². The summed E-state index contributed by atoms with van der Waals surface area (Å²) in [6.45, 7) is 8.81. The van der Waals surface area contributed by atoms with Gasteiger partial charge in [0, 0.05) is 17.3 Å². The normalized spacial score (nSPS) is 17.3. The van der Waals surface area contributed by atoms with Crippen LogP contribution in [0.4, 0.5) is 11.6 Å². The first-order valence-corrected chi connectivity index (χ1v) is 12.2. The number of anilines is 2. The van der Waals surface area contributed by atoms with Gasteiger partial charge in [0.1, 0.15) is 6.10 Å². The van der Waals surface area contributed by atoms with E-state index in [0.717, 1.165) is 23.1 Å². The summed E-state index contributed by atoms with van der Waals surface area (Å²) < 4.78 is 34.8. The number of benzene rings is 2. The number of hydrogen-bond acceptors (Lipinski definition) is 6. The second-order valence-electron chi connectivity index (χ2n) is 8.57. The van der Waals surface area contributed by atoms with Crippen LogP contribution < -0.4 is 14.8 Å². The number of nitrogens with one attached hydrogen (secondary N) is 2. The number of hydrogen-bond donors (Lipinski definition) is 2. The highest BCUT2D eigenvalue weighted by Gasteiger charge is 2.22. The summed E-state index contributed by atoms with van der Waals surface area (Å²) in [4.78, 5) is 9.09. The molecule has 0 fully saturated rings. The van der Waals surface area contributed by atoms with Crippen LogP contribution in [0.5, 0.6) is 5.88 Å². The summed E-state index contributed by atoms with van der Waals surface area (Å²) in [5.74, 6) is 0.744. The minimum Gasteiger partial charge on any atom is -0.472 e. The first-order chi connectivity index (χ1) is 15.2. The molecule has 32 heavy (non-hydrogen) atoms. The maximum absolute atomic E-state index is 13.0. The fraction of sp³-hybridized carbons (Fsp3) is 0.333. The smallest absolute Gasteiger partial charge is 0.264 e. The molecule has 0 saturated carbocycles. The number of nitrogens with zero attached hydrogens (tertiary/aromatic N) is 2. The van der Waals surface area contributed by atoms with Gasteiger partial charge >= 0.3 is 0 Å². The third-order valence-corrected chi connectivity index (χ3v) is 6.69. The summed E-state index contributed by atoms with van der Waals surface area (Å²) in [7, 11) is -3.87. The fourth-order valence-electron chi connectivity index (χ4n) is 3.93. The van der Waals surface area contributed by atoms with Gasteiger partial charge < -0.3 is 10.1 Å². The van der Waals surface area contributed by atoms with Crippen LogP contribution in [0.15, 0.2) is 53.4 Å². The van der Waals surface area contributed by atoms with Crippen LogP contribution in [-0.4, -0.2) is 31.0 Å². The van der Waals surface area contributed by atoms with Gasteiger partial charge in [-0.1, -0.05) is 38.1 Å². The predicted octanol–water partition coefficient (Wildman–Crippen LogP) is 4.78. The number of rotatable bonds is 3. The van der Waals surface area contributed by atoms with Crippen molar-refractivity contribution in [1.82, 2.24) is 9.97 Å². The molecule has 1 aliphatic rings. The van der Waals surface area contributed by atoms with Crippen LogP contribution in [0.1, 0.15) is 31.4 Å². The Morgan fingerprint density at radius 2 is 1.78 bits per heavy atom. The van der Waals surface area contributed by atoms with Crippen molar-refractivity contribution in [3.63, 3.8) is 0 Å². The van der Waals surface area contributed by atoms with E-state index in [2.05, 4.69) is 33.9 Å². The van der Waals surface area contributed by atoms with Crippen molar-refractivity contribution >= 4 is 21.7 Å². The molecule has 1 aromatic heterocycles. The Bertz CT molecular complexity index is 1220. The van der Waals surface area contributed by atoms with Crippen molar-refractivity contribution in [2.24, 2.45) is 5.92 Å². The minimum absolute atomic E-state index is 0.0117. The van der Waals surface area contributed by atoms with E-state index in [9.17, 15) is 8.42 Å². The van der Waals surface area contributed by atoms with Crippen LogP contribution in [0, 0.1) is 19.8 Å². The fourth-order valence-corrected chi connectivity index (χ4v) is 4.92. The molecule has 2 aromatic carbocycles. The number of fused-ring (bicyclic) bond motifs is 4. The molecule has 7 nitrogen and oxygen atoms in total. The second kappa shape index (κ2) is 8.78. The molecule has 4 rings (SSSR count). The topological polar surface area (TPSA) is 93.2 Å². The summed E-state index contributed by atoms with van der Waals surface area (Å²) in [5, 5.41) is 3.31. The van der Waals surface area contributed by atoms with Crippen molar-refractivity contribution in [3.8, 4) is 17.1 Å². The molecule has 1 atom stereocenters. The molecule has 0 amide bonds. The lowest BCUT2D eigenvalue weighted by atomic mass is 10.00. The minimum atomic E-state index is -3.87. The van der Waals surface area contributed by atoms with E-state index in [4.69, 9.17) is 4.74 Å². The number of ether oxygens (including phenoxy) is 1. The summed E-state index contributed by atoms with van der Waals surface area (Å²) in [6, 6.07) is 14.5. The van der Waals surface area contributed by atoms with E-state index >= 15 is 0 Å². The van der Waals surface area contributed by atoms with Gasteiger partial charge in [0.25, 0.3) is 10.0 Å². The first kappa shape index (κ1) is 22.1. The summed E-state index contributed by atoms with van der Waals surface area (Å²) in [6.07, 6.45) is 0.666. The van der Waals surface area contributed by atoms with Crippen molar-refractivity contribution in [2.45, 2.75) is 45.1 Å². The van der Waals surface area contributed by atoms with Crippen LogP contribution >= 0.6 is 0 Å². The van der Waals surface area contributed by atoms with Crippen LogP contribution in [-0.2, 0) is 10.0 Å². The average Bonchev–Trinajstić information content (AvgIpc) is 2.71. The highest BCUT2D eigenvalue weighted by Crippen LogP contribution is 2.30. The van der Waals surface area contributed by atoms with Gasteiger partial charge in [-0.3, -0.25) is 0 Å². The predicted molar refractivity (Wildman–Crippen MR) is 127 cm³/mol. The Hall–Kier alpha value is -3.13. The summed E-state index contributed by atoms with van der Waals surface area (Å²) in [5.41, 5.74) is 4.35. The number of aromatic nitrogens is 2. The third kappa shape index (κ3) is 4.85. The van der Waals surface area contributed by atoms with E-state index in [1.807, 2.05) is 38.1 Å². The Morgan fingerprint density at radius 3 is 2.50 bits per heavy atom. The van der Waals surface area contributed by atoms with Crippen molar-refractivity contribution in [3.05, 3.63) is 59.7 Å². The highest BCUT2D eigenvalue weighted by molar-refractivity contribution is 7.92. The molecular weight excluding hydrogens is 424 g/mol. The molecule has 168 valence electrons. The molecule has 8 heteroatoms. The Labute approximate surface area is 189 Å². The van der Waals surface area contributed by atoms with E-state index in [-0.39, 0.29) is 16.9 Å². The zero-order chi connectivity index (χ0) is 22.9. The molecular formula is C24H28N4O3S. The Balaban J connectivity index is 1.86. The highest BCUT2D eigenvalue weighted by atomic mass is 32.2. The number of sulfonamides is 1. The third-order valence-electron chi connectivity index (χ3n) is 5.37. The second-order valence-corrected chi connectivity index (χ2v) is 10.2. The molecule has 4 bridgehead atoms. The molecule has 2 heterocycles. The maximum Gasteiger partial charge on any atom is 0.264 e. The Morgan fingerprint density at radius 1 is 1.06 bits per heavy atom. The van der Waals surface area contributed by atoms with Gasteiger partial charge in [-0.2, -0.15) is 4.98 Å². The average molecular weight is 453 g/mol. The van der Waals surface area contributed by atoms with Crippen molar-refractivity contribution < 1.29 is 13.2 Å². The number of aryl methyl sites for hydroxylation is 2. The molecule has 0 radical (unpaired) electrons. The maximum atomic E-state index is 13.0. The lowest BCUT2D eigenvalue weighted by molar-refractivity contribution is 0.179. The molecule has 0 saturated heterocycles. The van der Waals surface area contributed by atoms with E-state index in [0.29, 0.717) is 29.7 Å². The quantitative estimate of drug-likeness (QED) is 0.594. The van der Waals surface area contributed by atoms with Gasteiger partial charge in [-0.05, 0) is 55.5 Å². The zero-order valence-electron chi connectivity index (χ0n) is 18.7. The molecule has 0 aliphatic carbocycles. The van der Waals surface area contributed by atoms with Gasteiger partial charge in [-0.25, -0.2) is 18.1 Å². The van der Waals surface area contributed by atoms with E-state index < -0.39 is 10.0 Å². The molecule has 1 unspecified atom stereocenters. The van der Waals surface area contributed by atoms with Crippen molar-refractivity contribution in [1.29, 1.82) is 0 Å². The molecule has 2 N–H and O–H groups in total. The molecule has 0 spiro atoms. The van der Waals surface area contributed by atoms with Gasteiger partial charge in [0.15, 0.2) is 0 Å². The lowest BCUT2D eigenvalue weighted by Gasteiger charge is -2.23. The lowest BCUT2D eigenvalue weighted by Crippen LogP contribution is -2.29. The van der Waals surface area contributed by atoms with E-state index in [1.54, 1.807) is 24.3 Å². The largest absolute Gasteiger partial charge is 0.472 e. The van der Waals surface area contributed by atoms with Gasteiger partial charge in [0.2, 0.25) is 11.8 Å². The first-order valence-electron chi connectivity index (χ1n) is 10.7. The monoisotopic (exact) mass is 452 g/mol.